The van der Waals surface area contributed by atoms with Gasteiger partial charge in [-0.1, -0.05) is 18.2 Å². The van der Waals surface area contributed by atoms with Gasteiger partial charge in [-0.2, -0.15) is 0 Å². The summed E-state index contributed by atoms with van der Waals surface area (Å²) in [5.41, 5.74) is 0. The Bertz CT molecular complexity index is 277. The Kier molecular flexibility index (Phi) is 5.85. The van der Waals surface area contributed by atoms with Crippen LogP contribution in [-0.4, -0.2) is 37.7 Å². The Labute approximate surface area is 96.2 Å². The summed E-state index contributed by atoms with van der Waals surface area (Å²) in [6, 6.07) is 9.41. The quantitative estimate of drug-likeness (QED) is 0.537. The standard InChI is InChI=1S/C12H19NO3/c1-10(14)12(13-8-9-15-2)16-11-6-4-3-5-7-11/h3-7,10,12-14H,8-9H2,1-2H3. The average Bonchev–Trinajstić information content (AvgIpc) is 2.29. The van der Waals surface area contributed by atoms with Gasteiger partial charge in [0.1, 0.15) is 11.9 Å². The van der Waals surface area contributed by atoms with Crippen molar-refractivity contribution in [1.82, 2.24) is 5.32 Å². The lowest BCUT2D eigenvalue weighted by Gasteiger charge is -2.22. The third kappa shape index (κ3) is 4.61. The van der Waals surface area contributed by atoms with Crippen LogP contribution in [0.2, 0.25) is 0 Å². The summed E-state index contributed by atoms with van der Waals surface area (Å²) in [6.07, 6.45) is -1.00. The van der Waals surface area contributed by atoms with Crippen molar-refractivity contribution in [3.8, 4) is 5.75 Å². The molecular formula is C12H19NO3. The molecule has 2 N–H and O–H groups in total. The minimum Gasteiger partial charge on any atom is -0.473 e. The summed E-state index contributed by atoms with van der Waals surface area (Å²) in [5.74, 6) is 0.735. The van der Waals surface area contributed by atoms with Crippen molar-refractivity contribution in [3.63, 3.8) is 0 Å². The molecule has 0 aliphatic rings. The fourth-order valence-electron chi connectivity index (χ4n) is 1.26. The molecule has 0 saturated carbocycles. The van der Waals surface area contributed by atoms with Crippen LogP contribution >= 0.6 is 0 Å². The van der Waals surface area contributed by atoms with Crippen LogP contribution in [-0.2, 0) is 4.74 Å². The molecule has 16 heavy (non-hydrogen) atoms. The molecule has 0 heterocycles. The summed E-state index contributed by atoms with van der Waals surface area (Å²) in [4.78, 5) is 0. The number of hydrogen-bond donors (Lipinski definition) is 2. The highest BCUT2D eigenvalue weighted by Gasteiger charge is 2.15. The lowest BCUT2D eigenvalue weighted by molar-refractivity contribution is 0.0229. The lowest BCUT2D eigenvalue weighted by atomic mass is 10.3. The van der Waals surface area contributed by atoms with Crippen LogP contribution < -0.4 is 10.1 Å². The molecule has 0 fully saturated rings. The van der Waals surface area contributed by atoms with Gasteiger partial charge >= 0.3 is 0 Å². The molecule has 90 valence electrons. The minimum absolute atomic E-state index is 0.419. The third-order valence-electron chi connectivity index (χ3n) is 2.10. The van der Waals surface area contributed by atoms with Gasteiger partial charge in [-0.25, -0.2) is 0 Å². The predicted molar refractivity (Wildman–Crippen MR) is 62.4 cm³/mol. The molecule has 0 aromatic heterocycles. The largest absolute Gasteiger partial charge is 0.473 e. The SMILES string of the molecule is COCCNC(Oc1ccccc1)C(C)O. The molecule has 0 bridgehead atoms. The highest BCUT2D eigenvalue weighted by Crippen LogP contribution is 2.11. The molecule has 0 spiro atoms. The van der Waals surface area contributed by atoms with Crippen LogP contribution in [0.15, 0.2) is 30.3 Å². The van der Waals surface area contributed by atoms with Crippen LogP contribution in [0.1, 0.15) is 6.92 Å². The average molecular weight is 225 g/mol. The second-order valence-corrected chi connectivity index (χ2v) is 3.54. The number of rotatable bonds is 7. The molecule has 0 aliphatic heterocycles. The molecule has 4 nitrogen and oxygen atoms in total. The van der Waals surface area contributed by atoms with E-state index in [2.05, 4.69) is 5.32 Å². The van der Waals surface area contributed by atoms with Gasteiger partial charge in [0.05, 0.1) is 6.61 Å². The predicted octanol–water partition coefficient (Wildman–Crippen LogP) is 1.01. The third-order valence-corrected chi connectivity index (χ3v) is 2.10. The molecular weight excluding hydrogens is 206 g/mol. The zero-order valence-corrected chi connectivity index (χ0v) is 9.72. The Balaban J connectivity index is 2.45. The molecule has 0 saturated heterocycles. The Morgan fingerprint density at radius 2 is 2.00 bits per heavy atom. The number of ether oxygens (including phenoxy) is 2. The molecule has 0 aliphatic carbocycles. The molecule has 0 amide bonds. The second-order valence-electron chi connectivity index (χ2n) is 3.54. The maximum atomic E-state index is 9.54. The van der Waals surface area contributed by atoms with E-state index in [1.54, 1.807) is 14.0 Å². The number of para-hydroxylation sites is 1. The van der Waals surface area contributed by atoms with Crippen molar-refractivity contribution >= 4 is 0 Å². The van der Waals surface area contributed by atoms with Gasteiger partial charge in [0.25, 0.3) is 0 Å². The normalized spacial score (nSPS) is 14.4. The summed E-state index contributed by atoms with van der Waals surface area (Å²) < 4.78 is 10.5. The highest BCUT2D eigenvalue weighted by molar-refractivity contribution is 5.21. The second kappa shape index (κ2) is 7.22. The highest BCUT2D eigenvalue weighted by atomic mass is 16.5. The Morgan fingerprint density at radius 3 is 2.56 bits per heavy atom. The monoisotopic (exact) mass is 225 g/mol. The lowest BCUT2D eigenvalue weighted by Crippen LogP contribution is -2.44. The molecule has 2 atom stereocenters. The summed E-state index contributed by atoms with van der Waals surface area (Å²) in [5, 5.41) is 12.6. The van der Waals surface area contributed by atoms with E-state index in [1.807, 2.05) is 30.3 Å². The first-order valence-electron chi connectivity index (χ1n) is 5.36. The Morgan fingerprint density at radius 1 is 1.31 bits per heavy atom. The van der Waals surface area contributed by atoms with E-state index in [9.17, 15) is 5.11 Å². The van der Waals surface area contributed by atoms with Crippen LogP contribution in [0.25, 0.3) is 0 Å². The first-order valence-corrected chi connectivity index (χ1v) is 5.36. The van der Waals surface area contributed by atoms with E-state index < -0.39 is 12.3 Å². The fourth-order valence-corrected chi connectivity index (χ4v) is 1.26. The van der Waals surface area contributed by atoms with Crippen molar-refractivity contribution in [3.05, 3.63) is 30.3 Å². The minimum atomic E-state index is -0.586. The van der Waals surface area contributed by atoms with Gasteiger partial charge in [0.15, 0.2) is 6.23 Å². The van der Waals surface area contributed by atoms with Gasteiger partial charge in [-0.15, -0.1) is 0 Å². The van der Waals surface area contributed by atoms with Gasteiger partial charge in [0, 0.05) is 13.7 Å². The fraction of sp³-hybridized carbons (Fsp3) is 0.500. The summed E-state index contributed by atoms with van der Waals surface area (Å²) in [7, 11) is 1.64. The molecule has 2 unspecified atom stereocenters. The molecule has 1 aromatic carbocycles. The van der Waals surface area contributed by atoms with E-state index in [-0.39, 0.29) is 0 Å². The zero-order chi connectivity index (χ0) is 11.8. The maximum Gasteiger partial charge on any atom is 0.176 e. The van der Waals surface area contributed by atoms with Gasteiger partial charge in [-0.3, -0.25) is 5.32 Å². The van der Waals surface area contributed by atoms with E-state index in [4.69, 9.17) is 9.47 Å². The smallest absolute Gasteiger partial charge is 0.176 e. The van der Waals surface area contributed by atoms with Crippen LogP contribution in [0.4, 0.5) is 0 Å². The van der Waals surface area contributed by atoms with E-state index in [0.717, 1.165) is 5.75 Å². The van der Waals surface area contributed by atoms with E-state index in [1.165, 1.54) is 0 Å². The molecule has 4 heteroatoms. The first kappa shape index (κ1) is 13.0. The van der Waals surface area contributed by atoms with Crippen molar-refractivity contribution in [2.24, 2.45) is 0 Å². The van der Waals surface area contributed by atoms with E-state index in [0.29, 0.717) is 13.2 Å². The number of aliphatic hydroxyl groups is 1. The first-order chi connectivity index (χ1) is 7.74. The molecule has 0 radical (unpaired) electrons. The van der Waals surface area contributed by atoms with Crippen molar-refractivity contribution in [2.75, 3.05) is 20.3 Å². The topological polar surface area (TPSA) is 50.7 Å². The number of hydrogen-bond acceptors (Lipinski definition) is 4. The number of benzene rings is 1. The van der Waals surface area contributed by atoms with Gasteiger partial charge in [0.2, 0.25) is 0 Å². The van der Waals surface area contributed by atoms with Gasteiger partial charge in [-0.05, 0) is 19.1 Å². The number of aliphatic hydroxyl groups excluding tert-OH is 1. The molecule has 1 aromatic rings. The summed E-state index contributed by atoms with van der Waals surface area (Å²) in [6.45, 7) is 2.91. The van der Waals surface area contributed by atoms with Gasteiger partial charge < -0.3 is 14.6 Å². The van der Waals surface area contributed by atoms with Crippen LogP contribution in [0.3, 0.4) is 0 Å². The summed E-state index contributed by atoms with van der Waals surface area (Å²) >= 11 is 0. The number of methoxy groups -OCH3 is 1. The van der Waals surface area contributed by atoms with Crippen molar-refractivity contribution < 1.29 is 14.6 Å². The van der Waals surface area contributed by atoms with Crippen molar-refractivity contribution in [2.45, 2.75) is 19.3 Å². The van der Waals surface area contributed by atoms with Crippen molar-refractivity contribution in [1.29, 1.82) is 0 Å². The zero-order valence-electron chi connectivity index (χ0n) is 9.72. The molecule has 1 rings (SSSR count). The number of nitrogens with one attached hydrogen (secondary N) is 1. The van der Waals surface area contributed by atoms with Crippen LogP contribution in [0, 0.1) is 0 Å². The maximum absolute atomic E-state index is 9.54. The van der Waals surface area contributed by atoms with E-state index >= 15 is 0 Å². The Hall–Kier alpha value is -1.10. The van der Waals surface area contributed by atoms with Crippen LogP contribution in [0.5, 0.6) is 5.75 Å².